The van der Waals surface area contributed by atoms with Gasteiger partial charge < -0.3 is 15.8 Å². The Hall–Kier alpha value is -1.23. The maximum atomic E-state index is 8.61. The molecular formula is C9H12BrN3O. The summed E-state index contributed by atoms with van der Waals surface area (Å²) in [5.41, 5.74) is 7.16. The van der Waals surface area contributed by atoms with Crippen molar-refractivity contribution in [3.05, 3.63) is 28.2 Å². The van der Waals surface area contributed by atoms with Crippen LogP contribution in [-0.4, -0.2) is 25.1 Å². The largest absolute Gasteiger partial charge is 0.409 e. The van der Waals surface area contributed by atoms with E-state index in [1.807, 2.05) is 37.2 Å². The van der Waals surface area contributed by atoms with Crippen LogP contribution in [0.4, 0.5) is 5.69 Å². The molecule has 0 aliphatic rings. The van der Waals surface area contributed by atoms with Gasteiger partial charge in [0.25, 0.3) is 0 Å². The number of oxime groups is 1. The van der Waals surface area contributed by atoms with Crippen molar-refractivity contribution in [3.8, 4) is 0 Å². The summed E-state index contributed by atoms with van der Waals surface area (Å²) in [4.78, 5) is 1.90. The molecule has 0 aromatic heterocycles. The summed E-state index contributed by atoms with van der Waals surface area (Å²) in [5.74, 6) is 0.106. The van der Waals surface area contributed by atoms with Crippen LogP contribution in [0.15, 0.2) is 27.8 Å². The summed E-state index contributed by atoms with van der Waals surface area (Å²) in [5, 5.41) is 11.6. The molecule has 5 heteroatoms. The molecule has 3 N–H and O–H groups in total. The number of halogens is 1. The highest BCUT2D eigenvalue weighted by atomic mass is 79.9. The highest BCUT2D eigenvalue weighted by Gasteiger charge is 2.08. The Bertz CT molecular complexity index is 363. The van der Waals surface area contributed by atoms with Crippen LogP contribution in [0.5, 0.6) is 0 Å². The first kappa shape index (κ1) is 10.8. The molecule has 0 atom stereocenters. The highest BCUT2D eigenvalue weighted by molar-refractivity contribution is 9.10. The molecule has 14 heavy (non-hydrogen) atoms. The van der Waals surface area contributed by atoms with Crippen LogP contribution in [0.1, 0.15) is 5.56 Å². The molecule has 0 unspecified atom stereocenters. The lowest BCUT2D eigenvalue weighted by Gasteiger charge is -2.16. The Balaban J connectivity index is 3.30. The van der Waals surface area contributed by atoms with Crippen molar-refractivity contribution in [1.29, 1.82) is 0 Å². The number of amidine groups is 1. The van der Waals surface area contributed by atoms with Crippen LogP contribution in [0.25, 0.3) is 0 Å². The molecule has 0 heterocycles. The fraction of sp³-hybridized carbons (Fsp3) is 0.222. The first-order valence-corrected chi connectivity index (χ1v) is 4.80. The number of nitrogens with zero attached hydrogens (tertiary/aromatic N) is 2. The van der Waals surface area contributed by atoms with Crippen molar-refractivity contribution in [3.63, 3.8) is 0 Å². The molecule has 0 saturated carbocycles. The number of nitrogens with two attached hydrogens (primary N) is 1. The molecule has 1 aromatic rings. The van der Waals surface area contributed by atoms with E-state index in [1.165, 1.54) is 0 Å². The van der Waals surface area contributed by atoms with Crippen molar-refractivity contribution in [2.24, 2.45) is 10.9 Å². The van der Waals surface area contributed by atoms with Crippen molar-refractivity contribution in [2.75, 3.05) is 19.0 Å². The van der Waals surface area contributed by atoms with Gasteiger partial charge in [0.15, 0.2) is 5.84 Å². The van der Waals surface area contributed by atoms with Crippen LogP contribution < -0.4 is 10.6 Å². The molecule has 0 saturated heterocycles. The Morgan fingerprint density at radius 3 is 2.64 bits per heavy atom. The molecule has 0 spiro atoms. The second-order valence-electron chi connectivity index (χ2n) is 3.04. The summed E-state index contributed by atoms with van der Waals surface area (Å²) in [7, 11) is 3.80. The first-order chi connectivity index (χ1) is 6.56. The summed E-state index contributed by atoms with van der Waals surface area (Å²) < 4.78 is 0.893. The lowest BCUT2D eigenvalue weighted by atomic mass is 10.1. The molecule has 76 valence electrons. The van der Waals surface area contributed by atoms with Crippen LogP contribution in [0, 0.1) is 0 Å². The molecule has 1 rings (SSSR count). The van der Waals surface area contributed by atoms with E-state index >= 15 is 0 Å². The van der Waals surface area contributed by atoms with Crippen molar-refractivity contribution in [2.45, 2.75) is 0 Å². The van der Waals surface area contributed by atoms with Gasteiger partial charge in [-0.1, -0.05) is 21.1 Å². The van der Waals surface area contributed by atoms with Gasteiger partial charge in [-0.3, -0.25) is 0 Å². The van der Waals surface area contributed by atoms with E-state index in [0.717, 1.165) is 10.2 Å². The van der Waals surface area contributed by atoms with Crippen molar-refractivity contribution in [1.82, 2.24) is 0 Å². The van der Waals surface area contributed by atoms with Crippen LogP contribution in [0.2, 0.25) is 0 Å². The maximum Gasteiger partial charge on any atom is 0.172 e. The predicted octanol–water partition coefficient (Wildman–Crippen LogP) is 1.61. The van der Waals surface area contributed by atoms with Gasteiger partial charge in [-0.25, -0.2) is 0 Å². The molecule has 0 aliphatic heterocycles. The van der Waals surface area contributed by atoms with Gasteiger partial charge in [-0.15, -0.1) is 0 Å². The van der Waals surface area contributed by atoms with E-state index in [0.29, 0.717) is 5.56 Å². The van der Waals surface area contributed by atoms with Gasteiger partial charge in [0.2, 0.25) is 0 Å². The quantitative estimate of drug-likeness (QED) is 0.366. The highest BCUT2D eigenvalue weighted by Crippen LogP contribution is 2.22. The van der Waals surface area contributed by atoms with Crippen molar-refractivity contribution < 1.29 is 5.21 Å². The van der Waals surface area contributed by atoms with Crippen LogP contribution in [0.3, 0.4) is 0 Å². The number of benzene rings is 1. The third kappa shape index (κ3) is 2.17. The predicted molar refractivity (Wildman–Crippen MR) is 61.0 cm³/mol. The zero-order chi connectivity index (χ0) is 10.7. The minimum Gasteiger partial charge on any atom is -0.409 e. The Kier molecular flexibility index (Phi) is 3.35. The number of anilines is 1. The number of rotatable bonds is 2. The maximum absolute atomic E-state index is 8.61. The summed E-state index contributed by atoms with van der Waals surface area (Å²) in [6, 6.07) is 5.62. The third-order valence-corrected chi connectivity index (χ3v) is 2.32. The second kappa shape index (κ2) is 4.32. The molecule has 0 amide bonds. The molecule has 4 nitrogen and oxygen atoms in total. The van der Waals surface area contributed by atoms with Gasteiger partial charge in [-0.2, -0.15) is 0 Å². The summed E-state index contributed by atoms with van der Waals surface area (Å²) in [6.45, 7) is 0. The van der Waals surface area contributed by atoms with E-state index in [4.69, 9.17) is 10.9 Å². The summed E-state index contributed by atoms with van der Waals surface area (Å²) >= 11 is 3.33. The van der Waals surface area contributed by atoms with Gasteiger partial charge in [-0.05, 0) is 18.2 Å². The van der Waals surface area contributed by atoms with E-state index in [2.05, 4.69) is 21.1 Å². The zero-order valence-corrected chi connectivity index (χ0v) is 9.62. The van der Waals surface area contributed by atoms with Gasteiger partial charge in [0, 0.05) is 29.8 Å². The van der Waals surface area contributed by atoms with Crippen LogP contribution in [-0.2, 0) is 0 Å². The molecule has 0 fully saturated rings. The van der Waals surface area contributed by atoms with Crippen molar-refractivity contribution >= 4 is 27.5 Å². The second-order valence-corrected chi connectivity index (χ2v) is 3.96. The normalized spacial score (nSPS) is 11.5. The van der Waals surface area contributed by atoms with Gasteiger partial charge in [0.1, 0.15) is 0 Å². The number of hydrogen-bond donors (Lipinski definition) is 2. The topological polar surface area (TPSA) is 61.8 Å². The average molecular weight is 258 g/mol. The number of hydrogen-bond acceptors (Lipinski definition) is 3. The van der Waals surface area contributed by atoms with E-state index in [1.54, 1.807) is 0 Å². The molecule has 0 bridgehead atoms. The monoisotopic (exact) mass is 257 g/mol. The van der Waals surface area contributed by atoms with Crippen LogP contribution >= 0.6 is 15.9 Å². The Morgan fingerprint density at radius 2 is 2.14 bits per heavy atom. The fourth-order valence-electron chi connectivity index (χ4n) is 1.16. The zero-order valence-electron chi connectivity index (χ0n) is 8.03. The molecule has 1 aromatic carbocycles. The minimum atomic E-state index is 0.106. The summed E-state index contributed by atoms with van der Waals surface area (Å²) in [6.07, 6.45) is 0. The fourth-order valence-corrected chi connectivity index (χ4v) is 1.52. The lowest BCUT2D eigenvalue weighted by Crippen LogP contribution is -2.19. The van der Waals surface area contributed by atoms with E-state index < -0.39 is 0 Å². The SMILES string of the molecule is CN(C)c1ccc(Br)cc1/C(N)=N/O. The lowest BCUT2D eigenvalue weighted by molar-refractivity contribution is 0.318. The average Bonchev–Trinajstić information content (AvgIpc) is 2.16. The Labute approximate surface area is 91.1 Å². The van der Waals surface area contributed by atoms with E-state index in [9.17, 15) is 0 Å². The standard InChI is InChI=1S/C9H12BrN3O/c1-13(2)8-4-3-6(10)5-7(8)9(11)12-14/h3-5,14H,1-2H3,(H2,11,12). The first-order valence-electron chi connectivity index (χ1n) is 4.01. The molecular weight excluding hydrogens is 246 g/mol. The smallest absolute Gasteiger partial charge is 0.172 e. The van der Waals surface area contributed by atoms with Gasteiger partial charge in [0.05, 0.1) is 0 Å². The van der Waals surface area contributed by atoms with Gasteiger partial charge >= 0.3 is 0 Å². The molecule has 0 radical (unpaired) electrons. The van der Waals surface area contributed by atoms with E-state index in [-0.39, 0.29) is 5.84 Å². The Morgan fingerprint density at radius 1 is 1.50 bits per heavy atom. The third-order valence-electron chi connectivity index (χ3n) is 1.82. The minimum absolute atomic E-state index is 0.106. The molecule has 0 aliphatic carbocycles.